The molecule has 9 aromatic carbocycles. The molecule has 0 amide bonds. The number of aromatic hydroxyl groups is 2. The standard InChI is InChI=1S/C20H17NO2.C18H19NO3.2C15H15NO.C14H13NO3.C14H13NO.C13H11NO2.C13H11NO/c22-20(13-10-18-7-4-14-21-18)17-8-11-19(12-9-17)23-15-16-5-2-1-3-6-16;20-17(11-8-15-4-3-12-19-15)14-6-9-16(10-7-14)22-18-5-1-2-13-21-18;1-11-5-6-13(10-12(11)2)15(17)8-7-14-4-3-9-16-14;1-11-5-6-12(2)14(10-11)15(17)8-7-13-4-3-9-16-13;16-9-11-8-10(3-5-14(11)18)13(17)6-4-12-2-1-7-15-12;1-11-4-2-5-12(10-11)14(16)8-7-13-6-3-9-15-13;15-12-6-3-10(4-7-12)13(16)8-5-11-2-1-9-14-11;15-13(11-5-2-1-3-6-11)9-8-12-7-4-10-14-12/h1-6,8-14H,7,15H2;3,6-12,18H,1-2,4-5,13H2;2*3,5-10H,4H2,1-2H3;1,3-8,16,18H,2,9H2;2-5,7-10H,6H2,1H3;1,3-9,15H,2H2;1-6,8-10H,7H2/b13-10+;11-8+;2*8-7+;6-4+;8-7+;8-5+;9-8+. The van der Waals surface area contributed by atoms with E-state index in [1.807, 2.05) is 217 Å². The summed E-state index contributed by atoms with van der Waals surface area (Å²) in [6.07, 6.45) is 65.5. The van der Waals surface area contributed by atoms with Gasteiger partial charge >= 0.3 is 0 Å². The topological polar surface area (TPSA) is 324 Å². The Morgan fingerprint density at radius 2 is 0.653 bits per heavy atom. The highest BCUT2D eigenvalue weighted by Gasteiger charge is 2.18. The summed E-state index contributed by atoms with van der Waals surface area (Å²) >= 11 is 0. The number of carbonyl (C=O) groups excluding carboxylic acids is 8. The van der Waals surface area contributed by atoms with Crippen LogP contribution in [0.3, 0.4) is 0 Å². The van der Waals surface area contributed by atoms with Crippen LogP contribution in [0.25, 0.3) is 0 Å². The Hall–Kier alpha value is -17.3. The molecule has 1 fully saturated rings. The number of phenols is 2. The van der Waals surface area contributed by atoms with Crippen molar-refractivity contribution < 1.29 is 67.9 Å². The second-order valence-corrected chi connectivity index (χ2v) is 33.4. The van der Waals surface area contributed by atoms with Crippen LogP contribution in [0.2, 0.25) is 0 Å². The third kappa shape index (κ3) is 37.8. The minimum atomic E-state index is -0.298. The van der Waals surface area contributed by atoms with Gasteiger partial charge < -0.3 is 29.5 Å². The van der Waals surface area contributed by atoms with Crippen molar-refractivity contribution in [3.8, 4) is 23.0 Å². The van der Waals surface area contributed by atoms with Gasteiger partial charge in [-0.2, -0.15) is 0 Å². The van der Waals surface area contributed by atoms with Gasteiger partial charge in [-0.1, -0.05) is 163 Å². The minimum Gasteiger partial charge on any atom is -0.508 e. The van der Waals surface area contributed by atoms with E-state index < -0.39 is 0 Å². The summed E-state index contributed by atoms with van der Waals surface area (Å²) in [5, 5.41) is 27.5. The lowest BCUT2D eigenvalue weighted by Gasteiger charge is -2.23. The molecule has 9 aromatic rings. The van der Waals surface area contributed by atoms with Crippen molar-refractivity contribution in [3.05, 3.63) is 491 Å². The number of nitrogens with zero attached hydrogens (tertiary/aromatic N) is 8. The van der Waals surface area contributed by atoms with Gasteiger partial charge in [0.05, 0.1) is 13.2 Å². The van der Waals surface area contributed by atoms with Gasteiger partial charge in [0.1, 0.15) is 29.6 Å². The van der Waals surface area contributed by atoms with Gasteiger partial charge in [-0.25, -0.2) is 0 Å². The van der Waals surface area contributed by atoms with E-state index in [0.717, 1.165) is 179 Å². The predicted molar refractivity (Wildman–Crippen MR) is 577 cm³/mol. The summed E-state index contributed by atoms with van der Waals surface area (Å²) in [5.41, 5.74) is 19.5. The Bertz CT molecular complexity index is 6860. The molecule has 1 atom stereocenters. The summed E-state index contributed by atoms with van der Waals surface area (Å²) in [5.74, 6) is 1.41. The van der Waals surface area contributed by atoms with Crippen LogP contribution < -0.4 is 9.47 Å². The Balaban J connectivity index is 0.000000157. The number of aliphatic hydroxyl groups is 1. The number of hydrogen-bond acceptors (Lipinski definition) is 22. The highest BCUT2D eigenvalue weighted by molar-refractivity contribution is 6.15. The zero-order chi connectivity index (χ0) is 102. The van der Waals surface area contributed by atoms with Crippen molar-refractivity contribution in [2.75, 3.05) is 6.61 Å². The lowest BCUT2D eigenvalue weighted by Crippen LogP contribution is -2.24. The first-order valence-corrected chi connectivity index (χ1v) is 47.2. The third-order valence-electron chi connectivity index (χ3n) is 22.2. The number of aliphatic imine (C=N–C) groups is 8. The zero-order valence-corrected chi connectivity index (χ0v) is 81.1. The van der Waals surface area contributed by atoms with Crippen molar-refractivity contribution in [1.29, 1.82) is 0 Å². The molecule has 0 radical (unpaired) electrons. The van der Waals surface area contributed by atoms with E-state index in [2.05, 4.69) is 39.9 Å². The molecule has 0 aliphatic carbocycles. The smallest absolute Gasteiger partial charge is 0.199 e. The highest BCUT2D eigenvalue weighted by Crippen LogP contribution is 2.25. The molecule has 0 saturated carbocycles. The van der Waals surface area contributed by atoms with Crippen molar-refractivity contribution >= 4 is 92.0 Å². The molecule has 0 bridgehead atoms. The molecular formula is C122H114N8O14. The lowest BCUT2D eigenvalue weighted by atomic mass is 10.0. The van der Waals surface area contributed by atoms with E-state index in [1.54, 1.807) is 183 Å². The molecule has 144 heavy (non-hydrogen) atoms. The highest BCUT2D eigenvalue weighted by atomic mass is 16.7. The van der Waals surface area contributed by atoms with E-state index in [0.29, 0.717) is 40.0 Å². The van der Waals surface area contributed by atoms with Crippen molar-refractivity contribution in [2.45, 2.75) is 125 Å². The Labute approximate surface area is 840 Å². The minimum absolute atomic E-state index is 0.0117. The quantitative estimate of drug-likeness (QED) is 0.0278. The van der Waals surface area contributed by atoms with Gasteiger partial charge in [0.15, 0.2) is 52.6 Å². The van der Waals surface area contributed by atoms with Gasteiger partial charge in [0, 0.05) is 203 Å². The number of benzene rings is 9. The SMILES string of the molecule is Cc1ccc(C(=O)/C=C/C2=NC=CC2)cc1C.Cc1ccc(C)c(C(=O)/C=C/C2=NC=CC2)c1.Cc1cccc(C(=O)/C=C/C2=NC=CC2)c1.O=C(/C=C/C1=NC=CC1)c1ccc(O)c(CO)c1.O=C(/C=C/C1=NC=CC1)c1ccc(O)cc1.O=C(/C=C/C1=NC=CC1)c1ccc(OC2CCCCO2)cc1.O=C(/C=C/C1=NC=CC1)c1ccc(OCc2ccccc2)cc1.O=C(/C=C/C1=NC=CC1)c1ccccc1. The number of allylic oxidation sites excluding steroid dienone is 24. The third-order valence-corrected chi connectivity index (χ3v) is 22.2. The number of hydrogen-bond donors (Lipinski definition) is 3. The molecule has 3 N–H and O–H groups in total. The maximum atomic E-state index is 12.1. The van der Waals surface area contributed by atoms with Gasteiger partial charge in [-0.3, -0.25) is 78.3 Å². The average Bonchev–Trinajstić information content (AvgIpc) is 1.57. The number of aryl methyl sites for hydroxylation is 5. The number of rotatable bonds is 30. The zero-order valence-electron chi connectivity index (χ0n) is 81.1. The van der Waals surface area contributed by atoms with Crippen LogP contribution in [0.1, 0.15) is 192 Å². The fraction of sp³-hybridized carbons (Fsp3) is 0.164. The van der Waals surface area contributed by atoms with Crippen LogP contribution >= 0.6 is 0 Å². The van der Waals surface area contributed by atoms with E-state index in [4.69, 9.17) is 24.4 Å². The second kappa shape index (κ2) is 58.5. The number of phenolic OH excluding ortho intramolecular Hbond substituents is 1. The normalized spacial score (nSPS) is 15.2. The van der Waals surface area contributed by atoms with E-state index >= 15 is 0 Å². The van der Waals surface area contributed by atoms with Crippen LogP contribution in [-0.4, -0.2) is 120 Å². The Morgan fingerprint density at radius 3 is 1.03 bits per heavy atom. The molecule has 22 nitrogen and oxygen atoms in total. The second-order valence-electron chi connectivity index (χ2n) is 33.4. The van der Waals surface area contributed by atoms with Crippen LogP contribution in [0, 0.1) is 34.6 Å². The van der Waals surface area contributed by atoms with Gasteiger partial charge in [-0.15, -0.1) is 0 Å². The fourth-order valence-electron chi connectivity index (χ4n) is 13.9. The van der Waals surface area contributed by atoms with Gasteiger partial charge in [-0.05, 0) is 276 Å². The number of ketones is 8. The molecule has 22 heteroatoms. The number of ether oxygens (including phenoxy) is 3. The monoisotopic (exact) mass is 1910 g/mol. The fourth-order valence-corrected chi connectivity index (χ4v) is 13.9. The van der Waals surface area contributed by atoms with E-state index in [1.165, 1.54) is 48.0 Å². The van der Waals surface area contributed by atoms with Gasteiger partial charge in [0.25, 0.3) is 0 Å². The molecule has 1 unspecified atom stereocenters. The van der Waals surface area contributed by atoms with Gasteiger partial charge in [0.2, 0.25) is 0 Å². The summed E-state index contributed by atoms with van der Waals surface area (Å²) < 4.78 is 17.0. The molecule has 18 rings (SSSR count). The van der Waals surface area contributed by atoms with Crippen molar-refractivity contribution in [2.24, 2.45) is 39.9 Å². The Morgan fingerprint density at radius 1 is 0.319 bits per heavy atom. The maximum absolute atomic E-state index is 12.1. The first-order valence-electron chi connectivity index (χ1n) is 47.2. The Kier molecular flexibility index (Phi) is 43.5. The summed E-state index contributed by atoms with van der Waals surface area (Å²) in [4.78, 5) is 128. The molecule has 0 aromatic heterocycles. The first-order chi connectivity index (χ1) is 70.0. The van der Waals surface area contributed by atoms with Crippen LogP contribution in [0.4, 0.5) is 0 Å². The van der Waals surface area contributed by atoms with E-state index in [-0.39, 0.29) is 70.7 Å². The molecule has 9 heterocycles. The molecule has 9 aliphatic rings. The first kappa shape index (κ1) is 107. The number of carbonyl (C=O) groups is 8. The van der Waals surface area contributed by atoms with Crippen LogP contribution in [0.5, 0.6) is 23.0 Å². The predicted octanol–water partition coefficient (Wildman–Crippen LogP) is 25.2. The van der Waals surface area contributed by atoms with E-state index in [9.17, 15) is 43.5 Å². The summed E-state index contributed by atoms with van der Waals surface area (Å²) in [6.45, 7) is 10.9. The average molecular weight is 1920 g/mol. The largest absolute Gasteiger partial charge is 0.508 e. The van der Waals surface area contributed by atoms with Crippen LogP contribution in [0.15, 0.2) is 448 Å². The maximum Gasteiger partial charge on any atom is 0.199 e. The molecule has 1 saturated heterocycles. The molecular weight excluding hydrogens is 1800 g/mol. The molecule has 9 aliphatic heterocycles. The molecule has 726 valence electrons. The van der Waals surface area contributed by atoms with Crippen molar-refractivity contribution in [1.82, 2.24) is 0 Å². The summed E-state index contributed by atoms with van der Waals surface area (Å²) in [7, 11) is 0. The lowest BCUT2D eigenvalue weighted by molar-refractivity contribution is -0.105. The summed E-state index contributed by atoms with van der Waals surface area (Å²) in [6, 6.07) is 63.4. The number of aliphatic hydroxyl groups excluding tert-OH is 1. The van der Waals surface area contributed by atoms with Crippen LogP contribution in [-0.2, 0) is 18.0 Å². The molecule has 0 spiro atoms. The van der Waals surface area contributed by atoms with Crippen molar-refractivity contribution in [3.63, 3.8) is 0 Å².